The van der Waals surface area contributed by atoms with Gasteiger partial charge in [-0.1, -0.05) is 164 Å². The number of rotatable bonds is 7. The monoisotopic (exact) mass is 795 g/mol. The summed E-state index contributed by atoms with van der Waals surface area (Å²) in [5.74, 6) is 0. The van der Waals surface area contributed by atoms with E-state index in [1.807, 2.05) is 11.3 Å². The minimum absolute atomic E-state index is 0.864. The van der Waals surface area contributed by atoms with Crippen molar-refractivity contribution in [3.8, 4) is 44.5 Å². The van der Waals surface area contributed by atoms with E-state index in [-0.39, 0.29) is 0 Å². The maximum atomic E-state index is 6.74. The summed E-state index contributed by atoms with van der Waals surface area (Å²) >= 11 is 1.86. The van der Waals surface area contributed by atoms with Crippen LogP contribution in [0.3, 0.4) is 0 Å². The second-order valence-electron chi connectivity index (χ2n) is 15.6. The van der Waals surface area contributed by atoms with Crippen molar-refractivity contribution in [2.45, 2.75) is 0 Å². The highest BCUT2D eigenvalue weighted by atomic mass is 32.1. The van der Waals surface area contributed by atoms with E-state index in [4.69, 9.17) is 4.42 Å². The molecule has 0 saturated heterocycles. The number of thiophene rings is 1. The average molecular weight is 796 g/mol. The average Bonchev–Trinajstić information content (AvgIpc) is 3.91. The van der Waals surface area contributed by atoms with Gasteiger partial charge in [0.05, 0.1) is 11.1 Å². The summed E-state index contributed by atoms with van der Waals surface area (Å²) in [5.41, 5.74) is 14.5. The Balaban J connectivity index is 1.03. The molecule has 2 nitrogen and oxygen atoms in total. The van der Waals surface area contributed by atoms with Crippen molar-refractivity contribution in [1.29, 1.82) is 0 Å². The van der Waals surface area contributed by atoms with E-state index in [0.717, 1.165) is 55.3 Å². The summed E-state index contributed by atoms with van der Waals surface area (Å²) in [6, 6.07) is 81.2. The zero-order valence-corrected chi connectivity index (χ0v) is 33.9. The second-order valence-corrected chi connectivity index (χ2v) is 16.7. The Labute approximate surface area is 357 Å². The van der Waals surface area contributed by atoms with Gasteiger partial charge >= 0.3 is 0 Å². The van der Waals surface area contributed by atoms with Crippen molar-refractivity contribution in [3.63, 3.8) is 0 Å². The molecule has 0 radical (unpaired) electrons. The number of hydrogen-bond donors (Lipinski definition) is 0. The maximum absolute atomic E-state index is 6.74. The largest absolute Gasteiger partial charge is 0.455 e. The molecule has 0 unspecified atom stereocenters. The first-order valence-electron chi connectivity index (χ1n) is 20.7. The third-order valence-electron chi connectivity index (χ3n) is 12.1. The van der Waals surface area contributed by atoms with Crippen LogP contribution in [0.4, 0.5) is 17.1 Å². The second kappa shape index (κ2) is 14.5. The zero-order chi connectivity index (χ0) is 40.3. The number of nitrogens with zero attached hydrogens (tertiary/aromatic N) is 1. The van der Waals surface area contributed by atoms with Gasteiger partial charge in [0.15, 0.2) is 0 Å². The number of benzene rings is 10. The molecule has 12 rings (SSSR count). The third-order valence-corrected chi connectivity index (χ3v) is 13.2. The lowest BCUT2D eigenvalue weighted by molar-refractivity contribution is 0.672. The number of hydrogen-bond acceptors (Lipinski definition) is 3. The van der Waals surface area contributed by atoms with Gasteiger partial charge in [-0.3, -0.25) is 0 Å². The first-order chi connectivity index (χ1) is 30.2. The summed E-state index contributed by atoms with van der Waals surface area (Å²) < 4.78 is 9.35. The van der Waals surface area contributed by atoms with Crippen LogP contribution in [-0.4, -0.2) is 0 Å². The molecule has 0 amide bonds. The third kappa shape index (κ3) is 6.09. The van der Waals surface area contributed by atoms with Crippen molar-refractivity contribution < 1.29 is 4.42 Å². The first-order valence-corrected chi connectivity index (χ1v) is 21.6. The molecule has 61 heavy (non-hydrogen) atoms. The molecule has 2 heterocycles. The minimum atomic E-state index is 0.864. The molecule has 0 atom stereocenters. The SMILES string of the molecule is c1ccc(-c2ccc(-c3ccc(N(c4cccc(-c5ccc6c(c5)sc5ccccc56)c4)c4cccc5oc6c7ccccc7ccc6c45)cc3)c(-c3ccccc3)c2)cc1. The number of furan rings is 1. The van der Waals surface area contributed by atoms with E-state index in [9.17, 15) is 0 Å². The predicted octanol–water partition coefficient (Wildman–Crippen LogP) is 17.2. The first kappa shape index (κ1) is 35.2. The summed E-state index contributed by atoms with van der Waals surface area (Å²) in [5, 5.41) is 7.09. The van der Waals surface area contributed by atoms with Gasteiger partial charge in [0, 0.05) is 42.3 Å². The van der Waals surface area contributed by atoms with Crippen LogP contribution in [0.5, 0.6) is 0 Å². The lowest BCUT2D eigenvalue weighted by Crippen LogP contribution is -2.10. The molecule has 0 saturated carbocycles. The van der Waals surface area contributed by atoms with Crippen molar-refractivity contribution in [3.05, 3.63) is 224 Å². The zero-order valence-electron chi connectivity index (χ0n) is 33.1. The number of anilines is 3. The Morgan fingerprint density at radius 3 is 1.82 bits per heavy atom. The van der Waals surface area contributed by atoms with E-state index in [1.165, 1.54) is 59.1 Å². The van der Waals surface area contributed by atoms with Crippen LogP contribution in [0.15, 0.2) is 229 Å². The molecular formula is C58H37NOS. The molecule has 0 aliphatic heterocycles. The van der Waals surface area contributed by atoms with Crippen LogP contribution in [0.2, 0.25) is 0 Å². The van der Waals surface area contributed by atoms with Gasteiger partial charge in [0.1, 0.15) is 11.2 Å². The standard InChI is InChI=1S/C58H37NOS/c1-3-13-38(14-4-1)43-28-32-47(52(36-43)39-15-5-2-6-16-39)41-25-30-45(31-26-41)59(53-22-12-23-54-57(53)51-34-27-40-17-7-8-20-48(40)58(51)60-54)46-19-11-18-42(35-46)44-29-33-50-49-21-9-10-24-55(49)61-56(50)37-44/h1-37H. The molecule has 0 spiro atoms. The molecule has 0 aliphatic carbocycles. The van der Waals surface area contributed by atoms with E-state index >= 15 is 0 Å². The molecule has 2 aromatic heterocycles. The van der Waals surface area contributed by atoms with Gasteiger partial charge in [0.2, 0.25) is 0 Å². The van der Waals surface area contributed by atoms with Crippen molar-refractivity contribution in [2.24, 2.45) is 0 Å². The molecule has 12 aromatic rings. The topological polar surface area (TPSA) is 16.4 Å². The molecular weight excluding hydrogens is 759 g/mol. The number of fused-ring (bicyclic) bond motifs is 8. The fourth-order valence-corrected chi connectivity index (χ4v) is 10.3. The van der Waals surface area contributed by atoms with E-state index in [1.54, 1.807) is 0 Å². The van der Waals surface area contributed by atoms with Crippen LogP contribution in [0, 0.1) is 0 Å². The molecule has 0 bridgehead atoms. The summed E-state index contributed by atoms with van der Waals surface area (Å²) in [6.07, 6.45) is 0. The maximum Gasteiger partial charge on any atom is 0.143 e. The van der Waals surface area contributed by atoms with Crippen molar-refractivity contribution in [2.75, 3.05) is 4.90 Å². The lowest BCUT2D eigenvalue weighted by Gasteiger charge is -2.27. The van der Waals surface area contributed by atoms with Crippen molar-refractivity contribution in [1.82, 2.24) is 0 Å². The van der Waals surface area contributed by atoms with Crippen LogP contribution in [0.25, 0.3) is 97.4 Å². The summed E-state index contributed by atoms with van der Waals surface area (Å²) in [4.78, 5) is 2.40. The van der Waals surface area contributed by atoms with Gasteiger partial charge in [0.25, 0.3) is 0 Å². The Hall–Kier alpha value is -7.72. The van der Waals surface area contributed by atoms with Gasteiger partial charge in [-0.05, 0) is 111 Å². The molecule has 3 heteroatoms. The van der Waals surface area contributed by atoms with E-state index < -0.39 is 0 Å². The molecule has 286 valence electrons. The normalized spacial score (nSPS) is 11.6. The smallest absolute Gasteiger partial charge is 0.143 e. The molecule has 10 aromatic carbocycles. The summed E-state index contributed by atoms with van der Waals surface area (Å²) in [7, 11) is 0. The summed E-state index contributed by atoms with van der Waals surface area (Å²) in [6.45, 7) is 0. The molecule has 0 N–H and O–H groups in total. The van der Waals surface area contributed by atoms with Crippen LogP contribution < -0.4 is 4.90 Å². The van der Waals surface area contributed by atoms with Gasteiger partial charge in [-0.15, -0.1) is 11.3 Å². The Morgan fingerprint density at radius 2 is 0.967 bits per heavy atom. The Kier molecular flexibility index (Phi) is 8.39. The minimum Gasteiger partial charge on any atom is -0.455 e. The predicted molar refractivity (Wildman–Crippen MR) is 261 cm³/mol. The Morgan fingerprint density at radius 1 is 0.344 bits per heavy atom. The fourth-order valence-electron chi connectivity index (χ4n) is 9.13. The van der Waals surface area contributed by atoms with E-state index in [0.29, 0.717) is 0 Å². The van der Waals surface area contributed by atoms with Gasteiger partial charge in [-0.2, -0.15) is 0 Å². The molecule has 0 aliphatic rings. The highest BCUT2D eigenvalue weighted by Gasteiger charge is 2.21. The Bertz CT molecular complexity index is 3580. The quantitative estimate of drug-likeness (QED) is 0.160. The van der Waals surface area contributed by atoms with Crippen LogP contribution in [-0.2, 0) is 0 Å². The van der Waals surface area contributed by atoms with E-state index in [2.05, 4.69) is 229 Å². The van der Waals surface area contributed by atoms with Gasteiger partial charge < -0.3 is 9.32 Å². The van der Waals surface area contributed by atoms with Gasteiger partial charge in [-0.25, -0.2) is 0 Å². The van der Waals surface area contributed by atoms with Crippen LogP contribution in [0.1, 0.15) is 0 Å². The lowest BCUT2D eigenvalue weighted by atomic mass is 9.91. The molecule has 0 fully saturated rings. The highest BCUT2D eigenvalue weighted by molar-refractivity contribution is 7.25. The fraction of sp³-hybridized carbons (Fsp3) is 0. The van der Waals surface area contributed by atoms with Crippen molar-refractivity contribution >= 4 is 81.3 Å². The highest BCUT2D eigenvalue weighted by Crippen LogP contribution is 2.46. The van der Waals surface area contributed by atoms with Crippen LogP contribution >= 0.6 is 11.3 Å².